The van der Waals surface area contributed by atoms with Crippen LogP contribution in [0.5, 0.6) is 5.75 Å². The highest BCUT2D eigenvalue weighted by atomic mass is 35.5. The maximum Gasteiger partial charge on any atom is 0.293 e. The van der Waals surface area contributed by atoms with Crippen molar-refractivity contribution in [2.75, 3.05) is 12.4 Å². The third-order valence-electron chi connectivity index (χ3n) is 4.89. The van der Waals surface area contributed by atoms with Crippen molar-refractivity contribution in [1.82, 2.24) is 19.4 Å². The smallest absolute Gasteiger partial charge is 0.293 e. The number of halogens is 1. The summed E-state index contributed by atoms with van der Waals surface area (Å²) in [5.74, 6) is 0.0952. The van der Waals surface area contributed by atoms with E-state index in [1.54, 1.807) is 24.3 Å². The molecule has 9 heteroatoms. The quantitative estimate of drug-likeness (QED) is 0.516. The first kappa shape index (κ1) is 20.6. The molecule has 0 aliphatic rings. The standard InChI is InChI=1S/C22H20ClN5O3/c1-13-4-5-14(2)16(8-13)18-10-19-22(30)27(24-12-28(19)26-18)11-21(29)25-15-6-7-20(31-3)17(23)9-15/h4-10,12H,11H2,1-3H3,(H,25,29). The average molecular weight is 438 g/mol. The molecular weight excluding hydrogens is 418 g/mol. The van der Waals surface area contributed by atoms with Crippen LogP contribution in [0.15, 0.2) is 53.6 Å². The van der Waals surface area contributed by atoms with Gasteiger partial charge in [0.2, 0.25) is 5.91 Å². The number of aryl methyl sites for hydroxylation is 2. The van der Waals surface area contributed by atoms with E-state index < -0.39 is 11.5 Å². The molecule has 4 rings (SSSR count). The summed E-state index contributed by atoms with van der Waals surface area (Å²) in [6, 6.07) is 12.7. The van der Waals surface area contributed by atoms with Gasteiger partial charge in [-0.15, -0.1) is 0 Å². The van der Waals surface area contributed by atoms with E-state index in [0.717, 1.165) is 21.4 Å². The number of carbonyl (C=O) groups is 1. The number of ether oxygens (including phenoxy) is 1. The third-order valence-corrected chi connectivity index (χ3v) is 5.18. The van der Waals surface area contributed by atoms with Gasteiger partial charge in [-0.05, 0) is 49.7 Å². The Hall–Kier alpha value is -3.65. The van der Waals surface area contributed by atoms with Gasteiger partial charge < -0.3 is 10.1 Å². The molecule has 0 saturated carbocycles. The Morgan fingerprint density at radius 1 is 1.16 bits per heavy atom. The lowest BCUT2D eigenvalue weighted by molar-refractivity contribution is -0.117. The predicted molar refractivity (Wildman–Crippen MR) is 119 cm³/mol. The number of methoxy groups -OCH3 is 1. The van der Waals surface area contributed by atoms with Gasteiger partial charge in [-0.3, -0.25) is 9.59 Å². The van der Waals surface area contributed by atoms with Crippen molar-refractivity contribution < 1.29 is 9.53 Å². The number of rotatable bonds is 5. The number of fused-ring (bicyclic) bond motifs is 1. The minimum atomic E-state index is -0.408. The molecule has 1 amide bonds. The maximum absolute atomic E-state index is 12.9. The van der Waals surface area contributed by atoms with Gasteiger partial charge in [0.15, 0.2) is 0 Å². The van der Waals surface area contributed by atoms with Gasteiger partial charge in [0.05, 0.1) is 17.8 Å². The van der Waals surface area contributed by atoms with Crippen LogP contribution >= 0.6 is 11.6 Å². The number of benzene rings is 2. The first-order valence-corrected chi connectivity index (χ1v) is 9.90. The van der Waals surface area contributed by atoms with Crippen LogP contribution in [0.1, 0.15) is 11.1 Å². The second kappa shape index (κ2) is 8.23. The third kappa shape index (κ3) is 4.15. The Kier molecular flexibility index (Phi) is 5.48. The molecule has 0 unspecified atom stereocenters. The summed E-state index contributed by atoms with van der Waals surface area (Å²) < 4.78 is 7.63. The Balaban J connectivity index is 1.59. The Bertz CT molecular complexity index is 1360. The lowest BCUT2D eigenvalue weighted by Crippen LogP contribution is -2.30. The molecule has 0 bridgehead atoms. The Labute approximate surface area is 183 Å². The predicted octanol–water partition coefficient (Wildman–Crippen LogP) is 3.48. The summed E-state index contributed by atoms with van der Waals surface area (Å²) >= 11 is 6.08. The molecule has 4 aromatic rings. The van der Waals surface area contributed by atoms with Crippen LogP contribution < -0.4 is 15.6 Å². The van der Waals surface area contributed by atoms with Crippen LogP contribution in [0.3, 0.4) is 0 Å². The van der Waals surface area contributed by atoms with Crippen LogP contribution in [0.4, 0.5) is 5.69 Å². The van der Waals surface area contributed by atoms with Crippen molar-refractivity contribution in [3.8, 4) is 17.0 Å². The van der Waals surface area contributed by atoms with Gasteiger partial charge in [-0.2, -0.15) is 10.2 Å². The van der Waals surface area contributed by atoms with E-state index in [0.29, 0.717) is 27.7 Å². The number of nitrogens with one attached hydrogen (secondary N) is 1. The maximum atomic E-state index is 12.9. The molecule has 0 atom stereocenters. The molecular formula is C22H20ClN5O3. The number of anilines is 1. The van der Waals surface area contributed by atoms with Gasteiger partial charge in [-0.1, -0.05) is 29.3 Å². The molecule has 8 nitrogen and oxygen atoms in total. The Morgan fingerprint density at radius 3 is 2.71 bits per heavy atom. The van der Waals surface area contributed by atoms with Gasteiger partial charge in [0, 0.05) is 11.3 Å². The molecule has 2 aromatic carbocycles. The topological polar surface area (TPSA) is 90.5 Å². The molecule has 2 aromatic heterocycles. The molecule has 0 aliphatic heterocycles. The zero-order chi connectivity index (χ0) is 22.1. The van der Waals surface area contributed by atoms with Crippen LogP contribution in [-0.4, -0.2) is 32.4 Å². The zero-order valence-corrected chi connectivity index (χ0v) is 18.0. The van der Waals surface area contributed by atoms with Crippen LogP contribution in [0, 0.1) is 13.8 Å². The van der Waals surface area contributed by atoms with E-state index in [2.05, 4.69) is 15.5 Å². The van der Waals surface area contributed by atoms with Crippen LogP contribution in [0.2, 0.25) is 5.02 Å². The average Bonchev–Trinajstić information content (AvgIpc) is 3.17. The van der Waals surface area contributed by atoms with E-state index >= 15 is 0 Å². The summed E-state index contributed by atoms with van der Waals surface area (Å²) in [6.07, 6.45) is 1.42. The molecule has 0 aliphatic carbocycles. The fraction of sp³-hybridized carbons (Fsp3) is 0.182. The lowest BCUT2D eigenvalue weighted by Gasteiger charge is -2.08. The highest BCUT2D eigenvalue weighted by molar-refractivity contribution is 6.32. The number of aromatic nitrogens is 4. The van der Waals surface area contributed by atoms with Crippen molar-refractivity contribution >= 4 is 28.7 Å². The number of carbonyl (C=O) groups excluding carboxylic acids is 1. The number of hydrogen-bond donors (Lipinski definition) is 1. The van der Waals surface area contributed by atoms with E-state index in [-0.39, 0.29) is 6.54 Å². The van der Waals surface area contributed by atoms with Gasteiger partial charge in [0.1, 0.15) is 24.1 Å². The molecule has 31 heavy (non-hydrogen) atoms. The van der Waals surface area contributed by atoms with Crippen molar-refractivity contribution in [2.45, 2.75) is 20.4 Å². The fourth-order valence-electron chi connectivity index (χ4n) is 3.27. The van der Waals surface area contributed by atoms with Gasteiger partial charge >= 0.3 is 0 Å². The SMILES string of the molecule is COc1ccc(NC(=O)Cn2ncn3nc(-c4cc(C)ccc4C)cc3c2=O)cc1Cl. The van der Waals surface area contributed by atoms with Crippen LogP contribution in [-0.2, 0) is 11.3 Å². The Morgan fingerprint density at radius 2 is 1.97 bits per heavy atom. The zero-order valence-electron chi connectivity index (χ0n) is 17.2. The summed E-state index contributed by atoms with van der Waals surface area (Å²) in [7, 11) is 1.51. The molecule has 158 valence electrons. The lowest BCUT2D eigenvalue weighted by atomic mass is 10.0. The molecule has 2 heterocycles. The second-order valence-electron chi connectivity index (χ2n) is 7.17. The van der Waals surface area contributed by atoms with E-state index in [4.69, 9.17) is 16.3 Å². The summed E-state index contributed by atoms with van der Waals surface area (Å²) in [5.41, 5.74) is 4.20. The van der Waals surface area contributed by atoms with Gasteiger partial charge in [-0.25, -0.2) is 9.20 Å². The highest BCUT2D eigenvalue weighted by Crippen LogP contribution is 2.27. The highest BCUT2D eigenvalue weighted by Gasteiger charge is 2.14. The first-order valence-electron chi connectivity index (χ1n) is 9.52. The number of nitrogens with zero attached hydrogens (tertiary/aromatic N) is 4. The van der Waals surface area contributed by atoms with Gasteiger partial charge in [0.25, 0.3) is 5.56 Å². The number of amides is 1. The first-order chi connectivity index (χ1) is 14.9. The monoisotopic (exact) mass is 437 g/mol. The van der Waals surface area contributed by atoms with E-state index in [1.807, 2.05) is 32.0 Å². The number of hydrogen-bond acceptors (Lipinski definition) is 5. The molecule has 0 radical (unpaired) electrons. The summed E-state index contributed by atoms with van der Waals surface area (Å²) in [6.45, 7) is 3.75. The van der Waals surface area contributed by atoms with Crippen molar-refractivity contribution in [3.63, 3.8) is 0 Å². The van der Waals surface area contributed by atoms with Crippen molar-refractivity contribution in [1.29, 1.82) is 0 Å². The molecule has 0 fully saturated rings. The van der Waals surface area contributed by atoms with E-state index in [9.17, 15) is 9.59 Å². The summed E-state index contributed by atoms with van der Waals surface area (Å²) in [4.78, 5) is 25.3. The minimum absolute atomic E-state index is 0.247. The van der Waals surface area contributed by atoms with Crippen molar-refractivity contribution in [3.05, 3.63) is 75.3 Å². The molecule has 0 spiro atoms. The molecule has 0 saturated heterocycles. The van der Waals surface area contributed by atoms with E-state index in [1.165, 1.54) is 18.0 Å². The second-order valence-corrected chi connectivity index (χ2v) is 7.58. The van der Waals surface area contributed by atoms with Crippen LogP contribution in [0.25, 0.3) is 16.8 Å². The van der Waals surface area contributed by atoms with Crippen molar-refractivity contribution in [2.24, 2.45) is 0 Å². The molecule has 1 N–H and O–H groups in total. The normalized spacial score (nSPS) is 11.0. The largest absolute Gasteiger partial charge is 0.495 e. The fourth-order valence-corrected chi connectivity index (χ4v) is 3.53. The minimum Gasteiger partial charge on any atom is -0.495 e. The summed E-state index contributed by atoms with van der Waals surface area (Å²) in [5, 5.41) is 11.6.